The van der Waals surface area contributed by atoms with Crippen molar-refractivity contribution in [1.82, 2.24) is 9.13 Å². The van der Waals surface area contributed by atoms with Crippen molar-refractivity contribution in [3.05, 3.63) is 170 Å². The molecule has 6 aromatic carbocycles. The van der Waals surface area contributed by atoms with E-state index in [1.165, 1.54) is 71.7 Å². The highest BCUT2D eigenvalue weighted by molar-refractivity contribution is 7.99. The van der Waals surface area contributed by atoms with E-state index in [1.807, 2.05) is 30.8 Å². The summed E-state index contributed by atoms with van der Waals surface area (Å²) >= 11 is 1.88. The molecular weight excluding hydrogens is 639 g/mol. The number of nitrogens with two attached hydrogens (primary N) is 1. The summed E-state index contributed by atoms with van der Waals surface area (Å²) in [4.78, 5) is 2.56. The number of benzene rings is 6. The van der Waals surface area contributed by atoms with Crippen LogP contribution in [0.4, 0.5) is 0 Å². The minimum atomic E-state index is 0.992. The number of para-hydroxylation sites is 3. The van der Waals surface area contributed by atoms with Gasteiger partial charge in [-0.3, -0.25) is 0 Å². The molecule has 3 nitrogen and oxygen atoms in total. The first-order valence-electron chi connectivity index (χ1n) is 17.3. The summed E-state index contributed by atoms with van der Waals surface area (Å²) in [7, 11) is 1.50. The van der Waals surface area contributed by atoms with Crippen molar-refractivity contribution in [3.63, 3.8) is 0 Å². The quantitative estimate of drug-likeness (QED) is 0.178. The van der Waals surface area contributed by atoms with Gasteiger partial charge in [-0.15, -0.1) is 0 Å². The van der Waals surface area contributed by atoms with E-state index >= 15 is 0 Å². The van der Waals surface area contributed by atoms with E-state index in [1.54, 1.807) is 0 Å². The van der Waals surface area contributed by atoms with Gasteiger partial charge in [0.15, 0.2) is 0 Å². The third-order valence-corrected chi connectivity index (χ3v) is 10.9. The lowest BCUT2D eigenvalue weighted by Crippen LogP contribution is -2.01. The van der Waals surface area contributed by atoms with Gasteiger partial charge in [-0.25, -0.2) is 0 Å². The van der Waals surface area contributed by atoms with Crippen LogP contribution in [-0.4, -0.2) is 16.2 Å². The van der Waals surface area contributed by atoms with Crippen LogP contribution < -0.4 is 5.73 Å². The minimum Gasteiger partial charge on any atom is -0.333 e. The lowest BCUT2D eigenvalue weighted by molar-refractivity contribution is 1.09. The zero-order valence-electron chi connectivity index (χ0n) is 29.2. The first kappa shape index (κ1) is 32.4. The topological polar surface area (TPSA) is 35.9 Å². The van der Waals surface area contributed by atoms with E-state index in [4.69, 9.17) is 0 Å². The number of fused-ring (bicyclic) bond motifs is 9. The Bertz CT molecular complexity index is 2750. The molecule has 0 saturated heterocycles. The summed E-state index contributed by atoms with van der Waals surface area (Å²) in [6.45, 7) is 12.5. The number of nitrogens with zero attached hydrogens (tertiary/aromatic N) is 2. The van der Waals surface area contributed by atoms with Crippen LogP contribution in [0.3, 0.4) is 0 Å². The second-order valence-corrected chi connectivity index (χ2v) is 13.8. The molecular formula is C47H39N3S. The molecule has 0 spiro atoms. The lowest BCUT2D eigenvalue weighted by atomic mass is 9.93. The minimum absolute atomic E-state index is 0.992. The Balaban J connectivity index is 0.00000184. The molecule has 0 fully saturated rings. The Hall–Kier alpha value is -5.81. The van der Waals surface area contributed by atoms with Crippen LogP contribution >= 0.6 is 11.8 Å². The van der Waals surface area contributed by atoms with E-state index < -0.39 is 0 Å². The van der Waals surface area contributed by atoms with E-state index in [9.17, 15) is 0 Å². The Kier molecular flexibility index (Phi) is 8.35. The number of rotatable bonds is 6. The Morgan fingerprint density at radius 1 is 0.667 bits per heavy atom. The SMILES string of the molecule is C=C/C=C(\C)c1cc(C(=C)/C=C\C)cc(-c2cccc(-n3c4ccccc4c4c5c6ccccc6n6c5c(cc43)Sc3ccccc3-6)c2)c1.CN. The van der Waals surface area contributed by atoms with Crippen LogP contribution in [-0.2, 0) is 0 Å². The highest BCUT2D eigenvalue weighted by Gasteiger charge is 2.27. The van der Waals surface area contributed by atoms with Gasteiger partial charge < -0.3 is 14.9 Å². The van der Waals surface area contributed by atoms with Crippen molar-refractivity contribution < 1.29 is 0 Å². The van der Waals surface area contributed by atoms with Crippen molar-refractivity contribution in [1.29, 1.82) is 0 Å². The van der Waals surface area contributed by atoms with Crippen molar-refractivity contribution in [3.8, 4) is 22.5 Å². The van der Waals surface area contributed by atoms with Crippen LogP contribution in [0, 0.1) is 0 Å². The number of allylic oxidation sites excluding steroid dienone is 6. The molecule has 0 aliphatic carbocycles. The molecule has 2 aromatic heterocycles. The van der Waals surface area contributed by atoms with Crippen molar-refractivity contribution in [2.24, 2.45) is 5.73 Å². The summed E-state index contributed by atoms with van der Waals surface area (Å²) in [6.07, 6.45) is 8.04. The highest BCUT2D eigenvalue weighted by atomic mass is 32.2. The first-order chi connectivity index (χ1) is 25.1. The highest BCUT2D eigenvalue weighted by Crippen LogP contribution is 2.51. The van der Waals surface area contributed by atoms with E-state index in [-0.39, 0.29) is 0 Å². The molecule has 0 amide bonds. The van der Waals surface area contributed by atoms with Crippen LogP contribution in [0.1, 0.15) is 25.0 Å². The van der Waals surface area contributed by atoms with E-state index in [0.29, 0.717) is 0 Å². The zero-order chi connectivity index (χ0) is 35.2. The smallest absolute Gasteiger partial charge is 0.0688 e. The Morgan fingerprint density at radius 3 is 2.12 bits per heavy atom. The molecule has 0 saturated carbocycles. The van der Waals surface area contributed by atoms with Gasteiger partial charge in [-0.1, -0.05) is 110 Å². The Labute approximate surface area is 303 Å². The zero-order valence-corrected chi connectivity index (χ0v) is 30.0. The van der Waals surface area contributed by atoms with Crippen molar-refractivity contribution >= 4 is 66.5 Å². The summed E-state index contributed by atoms with van der Waals surface area (Å²) in [6, 6.07) is 44.7. The van der Waals surface area contributed by atoms with Crippen LogP contribution in [0.2, 0.25) is 0 Å². The normalized spacial score (nSPS) is 12.4. The molecule has 3 heterocycles. The molecule has 248 valence electrons. The van der Waals surface area contributed by atoms with Gasteiger partial charge in [-0.2, -0.15) is 0 Å². The predicted molar refractivity (Wildman–Crippen MR) is 222 cm³/mol. The predicted octanol–water partition coefficient (Wildman–Crippen LogP) is 12.8. The molecule has 0 atom stereocenters. The summed E-state index contributed by atoms with van der Waals surface area (Å²) in [5, 5.41) is 5.16. The van der Waals surface area contributed by atoms with Gasteiger partial charge in [0.05, 0.1) is 27.8 Å². The summed E-state index contributed by atoms with van der Waals surface area (Å²) in [5.74, 6) is 0. The molecule has 1 aliphatic heterocycles. The Morgan fingerprint density at radius 2 is 1.35 bits per heavy atom. The standard InChI is InChI=1S/C46H34N2S.CH5N/c1-5-14-29(3)32-24-33(30(4)15-6-2)26-34(25-32)31-16-13-17-35(27-31)47-38-20-9-7-18-36(38)44-41(47)28-43-46-45(44)37-19-8-10-21-39(37)48(46)40-22-11-12-23-42(40)49-43;1-2/h5-28H,1,4H2,2-3H3;2H2,1H3/b15-6-,29-14+;. The second kappa shape index (κ2) is 13.1. The maximum absolute atomic E-state index is 4.50. The molecule has 0 unspecified atom stereocenters. The third kappa shape index (κ3) is 5.18. The fourth-order valence-electron chi connectivity index (χ4n) is 7.63. The molecule has 0 radical (unpaired) electrons. The largest absolute Gasteiger partial charge is 0.333 e. The van der Waals surface area contributed by atoms with Gasteiger partial charge in [0, 0.05) is 37.0 Å². The van der Waals surface area contributed by atoms with Crippen molar-refractivity contribution in [2.75, 3.05) is 7.05 Å². The second-order valence-electron chi connectivity index (χ2n) is 12.7. The van der Waals surface area contributed by atoms with Gasteiger partial charge in [0.25, 0.3) is 0 Å². The van der Waals surface area contributed by atoms with Gasteiger partial charge in [-0.05, 0) is 115 Å². The van der Waals surface area contributed by atoms with Crippen LogP contribution in [0.15, 0.2) is 169 Å². The molecule has 51 heavy (non-hydrogen) atoms. The molecule has 1 aliphatic rings. The lowest BCUT2D eigenvalue weighted by Gasteiger charge is -2.20. The average molecular weight is 678 g/mol. The number of hydrogen-bond donors (Lipinski definition) is 1. The fourth-order valence-corrected chi connectivity index (χ4v) is 8.74. The molecule has 4 heteroatoms. The van der Waals surface area contributed by atoms with Gasteiger partial charge in [0.2, 0.25) is 0 Å². The molecule has 0 bridgehead atoms. The molecule has 2 N–H and O–H groups in total. The van der Waals surface area contributed by atoms with Crippen LogP contribution in [0.5, 0.6) is 0 Å². The molecule has 8 aromatic rings. The van der Waals surface area contributed by atoms with Crippen molar-refractivity contribution in [2.45, 2.75) is 23.6 Å². The van der Waals surface area contributed by atoms with E-state index in [2.05, 4.69) is 168 Å². The summed E-state index contributed by atoms with van der Waals surface area (Å²) in [5.41, 5.74) is 18.6. The number of aromatic nitrogens is 2. The van der Waals surface area contributed by atoms with Gasteiger partial charge >= 0.3 is 0 Å². The monoisotopic (exact) mass is 677 g/mol. The summed E-state index contributed by atoms with van der Waals surface area (Å²) < 4.78 is 4.94. The number of hydrogen-bond acceptors (Lipinski definition) is 2. The van der Waals surface area contributed by atoms with Gasteiger partial charge in [0.1, 0.15) is 0 Å². The third-order valence-electron chi connectivity index (χ3n) is 9.80. The van der Waals surface area contributed by atoms with Crippen LogP contribution in [0.25, 0.3) is 77.3 Å². The first-order valence-corrected chi connectivity index (χ1v) is 18.1. The fraction of sp³-hybridized carbons (Fsp3) is 0.0638. The van der Waals surface area contributed by atoms with E-state index in [0.717, 1.165) is 33.5 Å². The average Bonchev–Trinajstić information content (AvgIpc) is 3.69. The maximum atomic E-state index is 4.50. The molecule has 9 rings (SSSR count). The maximum Gasteiger partial charge on any atom is 0.0688 e.